The number of thioether (sulfide) groups is 1. The van der Waals surface area contributed by atoms with Crippen LogP contribution in [-0.4, -0.2) is 45.6 Å². The lowest BCUT2D eigenvalue weighted by Gasteiger charge is -2.07. The molecule has 3 N–H and O–H groups in total. The molecule has 0 atom stereocenters. The van der Waals surface area contributed by atoms with Crippen molar-refractivity contribution in [3.63, 3.8) is 0 Å². The molecule has 0 amide bonds. The van der Waals surface area contributed by atoms with Gasteiger partial charge in [0.05, 0.1) is 24.8 Å². The molecule has 156 valence electrons. The van der Waals surface area contributed by atoms with Gasteiger partial charge in [-0.3, -0.25) is 5.10 Å². The van der Waals surface area contributed by atoms with E-state index in [0.717, 1.165) is 11.8 Å². The van der Waals surface area contributed by atoms with Crippen LogP contribution in [0, 0.1) is 0 Å². The quantitative estimate of drug-likeness (QED) is 0.337. The summed E-state index contributed by atoms with van der Waals surface area (Å²) in [4.78, 5) is 16.0. The van der Waals surface area contributed by atoms with Crippen LogP contribution >= 0.6 is 35.0 Å². The number of aliphatic carboxylic acids is 1. The molecule has 2 aromatic carbocycles. The molecule has 0 radical (unpaired) electrons. The first-order valence-corrected chi connectivity index (χ1v) is 9.85. The van der Waals surface area contributed by atoms with Crippen molar-refractivity contribution < 1.29 is 24.5 Å². The third-order valence-corrected chi connectivity index (χ3v) is 5.26. The second-order valence-electron chi connectivity index (χ2n) is 5.78. The lowest BCUT2D eigenvalue weighted by molar-refractivity contribution is -0.131. The highest BCUT2D eigenvalue weighted by Gasteiger charge is 2.17. The van der Waals surface area contributed by atoms with Crippen LogP contribution < -0.4 is 9.47 Å². The van der Waals surface area contributed by atoms with Crippen molar-refractivity contribution in [1.29, 1.82) is 0 Å². The van der Waals surface area contributed by atoms with E-state index in [9.17, 15) is 15.0 Å². The van der Waals surface area contributed by atoms with Crippen molar-refractivity contribution in [3.05, 3.63) is 50.8 Å². The van der Waals surface area contributed by atoms with Crippen LogP contribution in [0.4, 0.5) is 0 Å². The van der Waals surface area contributed by atoms with Crippen LogP contribution in [0.1, 0.15) is 5.56 Å². The highest BCUT2D eigenvalue weighted by molar-refractivity contribution is 8.04. The number of H-pyrrole nitrogens is 1. The van der Waals surface area contributed by atoms with Crippen molar-refractivity contribution in [2.24, 2.45) is 0 Å². The van der Waals surface area contributed by atoms with Crippen molar-refractivity contribution in [3.8, 4) is 28.6 Å². The number of carboxylic acids is 1. The first-order chi connectivity index (χ1) is 14.3. The summed E-state index contributed by atoms with van der Waals surface area (Å²) in [6.07, 6.45) is 1.37. The minimum absolute atomic E-state index is 0.0311. The molecular formula is C19H15Cl2N3O5S. The fourth-order valence-electron chi connectivity index (χ4n) is 2.50. The number of phenols is 1. The van der Waals surface area contributed by atoms with E-state index in [1.165, 1.54) is 32.4 Å². The van der Waals surface area contributed by atoms with Gasteiger partial charge in [0.15, 0.2) is 17.3 Å². The number of rotatable bonds is 7. The summed E-state index contributed by atoms with van der Waals surface area (Å²) < 4.78 is 10.3. The molecule has 1 aromatic heterocycles. The lowest BCUT2D eigenvalue weighted by Crippen LogP contribution is -1.97. The first kappa shape index (κ1) is 21.8. The number of benzene rings is 2. The monoisotopic (exact) mass is 467 g/mol. The van der Waals surface area contributed by atoms with Gasteiger partial charge in [-0.1, -0.05) is 23.2 Å². The second kappa shape index (κ2) is 9.29. The molecule has 1 heterocycles. The summed E-state index contributed by atoms with van der Waals surface area (Å²) in [5, 5.41) is 26.9. The van der Waals surface area contributed by atoms with E-state index in [2.05, 4.69) is 15.2 Å². The first-order valence-electron chi connectivity index (χ1n) is 8.28. The van der Waals surface area contributed by atoms with Crippen LogP contribution in [0.3, 0.4) is 0 Å². The molecule has 0 aliphatic carbocycles. The normalized spacial score (nSPS) is 11.4. The minimum atomic E-state index is -1.19. The molecule has 0 aliphatic heterocycles. The summed E-state index contributed by atoms with van der Waals surface area (Å²) >= 11 is 12.9. The predicted molar refractivity (Wildman–Crippen MR) is 115 cm³/mol. The summed E-state index contributed by atoms with van der Waals surface area (Å²) in [6, 6.07) is 7.91. The molecule has 3 rings (SSSR count). The Morgan fingerprint density at radius 1 is 1.17 bits per heavy atom. The Morgan fingerprint density at radius 2 is 1.90 bits per heavy atom. The molecule has 0 bridgehead atoms. The Labute approximate surface area is 185 Å². The fourth-order valence-corrected chi connectivity index (χ4v) is 3.59. The van der Waals surface area contributed by atoms with Gasteiger partial charge in [0, 0.05) is 5.02 Å². The number of aromatic hydroxyl groups is 1. The second-order valence-corrected chi connectivity index (χ2v) is 7.63. The van der Waals surface area contributed by atoms with E-state index in [0.29, 0.717) is 27.7 Å². The highest BCUT2D eigenvalue weighted by atomic mass is 35.5. The lowest BCUT2D eigenvalue weighted by atomic mass is 10.2. The number of hydrogen-bond donors (Lipinski definition) is 3. The zero-order valence-corrected chi connectivity index (χ0v) is 18.0. The number of methoxy groups -OCH3 is 2. The molecule has 0 unspecified atom stereocenters. The molecule has 11 heteroatoms. The molecular weight excluding hydrogens is 453 g/mol. The topological polar surface area (TPSA) is 118 Å². The standard InChI is InChI=1S/C19H15Cl2N3O5S/c1-28-13-4-3-10(20)8-11(13)17-22-19(24-23-17)30-15(18(26)27)7-9-5-12(21)16(25)14(6-9)29-2/h3-8,25H,1-2H3,(H,26,27)(H,22,23,24)/b15-7-. The Hall–Kier alpha value is -2.88. The smallest absolute Gasteiger partial charge is 0.342 e. The Balaban J connectivity index is 1.93. The summed E-state index contributed by atoms with van der Waals surface area (Å²) in [5.41, 5.74) is 1.01. The van der Waals surface area contributed by atoms with Crippen molar-refractivity contribution in [2.75, 3.05) is 14.2 Å². The maximum Gasteiger partial charge on any atom is 0.342 e. The zero-order chi connectivity index (χ0) is 21.8. The number of ether oxygens (including phenoxy) is 2. The molecule has 3 aromatic rings. The number of phenolic OH excluding ortho intramolecular Hbond substituents is 1. The van der Waals surface area contributed by atoms with Gasteiger partial charge in [0.1, 0.15) is 10.7 Å². The average molecular weight is 468 g/mol. The maximum atomic E-state index is 11.7. The van der Waals surface area contributed by atoms with E-state index >= 15 is 0 Å². The van der Waals surface area contributed by atoms with Crippen molar-refractivity contribution in [2.45, 2.75) is 5.16 Å². The Kier molecular flexibility index (Phi) is 6.76. The number of nitrogens with zero attached hydrogens (tertiary/aromatic N) is 2. The summed E-state index contributed by atoms with van der Waals surface area (Å²) in [6.45, 7) is 0. The maximum absolute atomic E-state index is 11.7. The van der Waals surface area contributed by atoms with Gasteiger partial charge in [-0.25, -0.2) is 9.78 Å². The van der Waals surface area contributed by atoms with Gasteiger partial charge >= 0.3 is 5.97 Å². The predicted octanol–water partition coefficient (Wildman–Crippen LogP) is 4.72. The van der Waals surface area contributed by atoms with Crippen LogP contribution in [-0.2, 0) is 4.79 Å². The van der Waals surface area contributed by atoms with Gasteiger partial charge < -0.3 is 19.7 Å². The molecule has 8 nitrogen and oxygen atoms in total. The van der Waals surface area contributed by atoms with E-state index in [1.54, 1.807) is 18.2 Å². The van der Waals surface area contributed by atoms with Gasteiger partial charge in [0.25, 0.3) is 0 Å². The fraction of sp³-hybridized carbons (Fsp3) is 0.105. The number of aromatic nitrogens is 3. The SMILES string of the molecule is COc1ccc(Cl)cc1-c1nc(S/C(=C\c2cc(Cl)c(O)c(OC)c2)C(=O)O)n[nH]1. The number of aromatic amines is 1. The molecule has 0 spiro atoms. The van der Waals surface area contributed by atoms with Crippen LogP contribution in [0.25, 0.3) is 17.5 Å². The van der Waals surface area contributed by atoms with Crippen LogP contribution in [0.2, 0.25) is 10.0 Å². The van der Waals surface area contributed by atoms with E-state index in [4.69, 9.17) is 32.7 Å². The largest absolute Gasteiger partial charge is 0.503 e. The van der Waals surface area contributed by atoms with Crippen molar-refractivity contribution >= 4 is 47.0 Å². The molecule has 0 aliphatic rings. The summed E-state index contributed by atoms with van der Waals surface area (Å²) in [5.74, 6) is -0.385. The number of halogens is 2. The highest BCUT2D eigenvalue weighted by Crippen LogP contribution is 2.37. The van der Waals surface area contributed by atoms with Gasteiger partial charge in [-0.15, -0.1) is 5.10 Å². The van der Waals surface area contributed by atoms with E-state index < -0.39 is 5.97 Å². The molecule has 0 saturated heterocycles. The van der Waals surface area contributed by atoms with Crippen LogP contribution in [0.15, 0.2) is 40.4 Å². The average Bonchev–Trinajstić information content (AvgIpc) is 3.18. The van der Waals surface area contributed by atoms with E-state index in [1.807, 2.05) is 0 Å². The number of carbonyl (C=O) groups is 1. The van der Waals surface area contributed by atoms with Gasteiger partial charge in [-0.05, 0) is 53.7 Å². The molecule has 30 heavy (non-hydrogen) atoms. The zero-order valence-electron chi connectivity index (χ0n) is 15.6. The Bertz CT molecular complexity index is 1130. The number of carboxylic acid groups (broad SMARTS) is 1. The number of hydrogen-bond acceptors (Lipinski definition) is 7. The van der Waals surface area contributed by atoms with Gasteiger partial charge in [-0.2, -0.15) is 0 Å². The number of nitrogens with one attached hydrogen (secondary N) is 1. The molecule has 0 saturated carbocycles. The minimum Gasteiger partial charge on any atom is -0.503 e. The van der Waals surface area contributed by atoms with Crippen molar-refractivity contribution in [1.82, 2.24) is 15.2 Å². The molecule has 0 fully saturated rings. The summed E-state index contributed by atoms with van der Waals surface area (Å²) in [7, 11) is 2.88. The van der Waals surface area contributed by atoms with Gasteiger partial charge in [0.2, 0.25) is 5.16 Å². The third-order valence-electron chi connectivity index (χ3n) is 3.86. The van der Waals surface area contributed by atoms with E-state index in [-0.39, 0.29) is 26.6 Å². The third kappa shape index (κ3) is 4.81. The Morgan fingerprint density at radius 3 is 2.57 bits per heavy atom. The van der Waals surface area contributed by atoms with Crippen LogP contribution in [0.5, 0.6) is 17.2 Å².